The first-order valence-corrected chi connectivity index (χ1v) is 7.24. The van der Waals surface area contributed by atoms with Crippen LogP contribution >= 0.6 is 0 Å². The van der Waals surface area contributed by atoms with Gasteiger partial charge in [0.15, 0.2) is 6.29 Å². The molecule has 1 aromatic rings. The third kappa shape index (κ3) is 5.46. The molecule has 0 aliphatic carbocycles. The Morgan fingerprint density at radius 3 is 2.18 bits per heavy atom. The quantitative estimate of drug-likeness (QED) is 0.585. The zero-order valence-corrected chi connectivity index (χ0v) is 13.5. The molecule has 22 heavy (non-hydrogen) atoms. The smallest absolute Gasteiger partial charge is 0.309 e. The topological polar surface area (TPSA) is 76.7 Å². The zero-order valence-electron chi connectivity index (χ0n) is 13.5. The van der Waals surface area contributed by atoms with Crippen LogP contribution in [-0.2, 0) is 25.5 Å². The van der Waals surface area contributed by atoms with Gasteiger partial charge in [-0.2, -0.15) is 0 Å². The van der Waals surface area contributed by atoms with Gasteiger partial charge in [-0.15, -0.1) is 0 Å². The maximum atomic E-state index is 11.8. The van der Waals surface area contributed by atoms with Gasteiger partial charge in [-0.25, -0.2) is 0 Å². The fourth-order valence-corrected chi connectivity index (χ4v) is 1.91. The van der Waals surface area contributed by atoms with E-state index in [2.05, 4.69) is 17.6 Å². The van der Waals surface area contributed by atoms with Crippen molar-refractivity contribution in [2.75, 3.05) is 20.8 Å². The Morgan fingerprint density at radius 2 is 1.68 bits per heavy atom. The second kappa shape index (κ2) is 9.17. The Bertz CT molecular complexity index is 483. The molecule has 0 radical (unpaired) electrons. The first-order valence-electron chi connectivity index (χ1n) is 7.24. The van der Waals surface area contributed by atoms with Gasteiger partial charge in [-0.3, -0.25) is 9.59 Å². The molecule has 6 heteroatoms. The van der Waals surface area contributed by atoms with Crippen LogP contribution in [0, 0.1) is 0 Å². The van der Waals surface area contributed by atoms with Crippen molar-refractivity contribution in [3.8, 4) is 0 Å². The summed E-state index contributed by atoms with van der Waals surface area (Å²) < 4.78 is 9.87. The molecule has 0 aromatic heterocycles. The summed E-state index contributed by atoms with van der Waals surface area (Å²) in [6, 6.07) is 7.69. The van der Waals surface area contributed by atoms with Crippen LogP contribution in [0.25, 0.3) is 0 Å². The summed E-state index contributed by atoms with van der Waals surface area (Å²) >= 11 is 0. The molecule has 1 aromatic carbocycles. The highest BCUT2D eigenvalue weighted by Gasteiger charge is 2.18. The minimum Gasteiger partial charge on any atom is -0.354 e. The molecule has 0 aliphatic rings. The molecular formula is C16H24N2O4. The van der Waals surface area contributed by atoms with Crippen molar-refractivity contribution in [1.29, 1.82) is 0 Å². The highest BCUT2D eigenvalue weighted by molar-refractivity contribution is 6.35. The van der Waals surface area contributed by atoms with E-state index in [4.69, 9.17) is 9.47 Å². The fourth-order valence-electron chi connectivity index (χ4n) is 1.91. The van der Waals surface area contributed by atoms with Gasteiger partial charge in [-0.05, 0) is 24.5 Å². The number of hydrogen-bond acceptors (Lipinski definition) is 4. The molecule has 2 amide bonds. The molecule has 0 saturated heterocycles. The van der Waals surface area contributed by atoms with Gasteiger partial charge < -0.3 is 20.1 Å². The highest BCUT2D eigenvalue weighted by atomic mass is 16.7. The maximum absolute atomic E-state index is 11.8. The van der Waals surface area contributed by atoms with Crippen LogP contribution in [0.3, 0.4) is 0 Å². The number of rotatable bonds is 7. The van der Waals surface area contributed by atoms with Crippen LogP contribution in [0.4, 0.5) is 0 Å². The van der Waals surface area contributed by atoms with Crippen molar-refractivity contribution in [1.82, 2.24) is 10.6 Å². The minimum atomic E-state index is -0.712. The molecule has 1 unspecified atom stereocenters. The lowest BCUT2D eigenvalue weighted by molar-refractivity contribution is -0.142. The van der Waals surface area contributed by atoms with Gasteiger partial charge in [0.05, 0.1) is 12.6 Å². The number of carbonyl (C=O) groups excluding carboxylic acids is 2. The molecule has 2 N–H and O–H groups in total. The number of hydrogen-bond donors (Lipinski definition) is 2. The Balaban J connectivity index is 2.50. The van der Waals surface area contributed by atoms with E-state index < -0.39 is 18.1 Å². The molecule has 1 rings (SSSR count). The first kappa shape index (κ1) is 18.1. The number of aryl methyl sites for hydroxylation is 1. The number of carbonyl (C=O) groups is 2. The number of ether oxygens (including phenoxy) is 2. The lowest BCUT2D eigenvalue weighted by atomic mass is 10.1. The first-order chi connectivity index (χ1) is 10.5. The average Bonchev–Trinajstić information content (AvgIpc) is 2.55. The molecule has 0 fully saturated rings. The fraction of sp³-hybridized carbons (Fsp3) is 0.500. The van der Waals surface area contributed by atoms with Crippen LogP contribution in [0.1, 0.15) is 31.0 Å². The van der Waals surface area contributed by atoms with Gasteiger partial charge in [0, 0.05) is 14.2 Å². The number of benzene rings is 1. The van der Waals surface area contributed by atoms with Gasteiger partial charge in [0.1, 0.15) is 0 Å². The summed E-state index contributed by atoms with van der Waals surface area (Å²) in [6.45, 7) is 4.02. The van der Waals surface area contributed by atoms with E-state index >= 15 is 0 Å². The summed E-state index contributed by atoms with van der Waals surface area (Å²) in [5.74, 6) is -1.39. The molecule has 122 valence electrons. The Kier molecular flexibility index (Phi) is 7.56. The van der Waals surface area contributed by atoms with Gasteiger partial charge in [0.25, 0.3) is 0 Å². The van der Waals surface area contributed by atoms with Crippen LogP contribution in [0.5, 0.6) is 0 Å². The van der Waals surface area contributed by atoms with Gasteiger partial charge >= 0.3 is 11.8 Å². The summed E-state index contributed by atoms with van der Waals surface area (Å²) in [5.41, 5.74) is 2.18. The van der Waals surface area contributed by atoms with E-state index in [9.17, 15) is 9.59 Å². The van der Waals surface area contributed by atoms with E-state index in [0.29, 0.717) is 0 Å². The monoisotopic (exact) mass is 308 g/mol. The third-order valence-corrected chi connectivity index (χ3v) is 3.40. The van der Waals surface area contributed by atoms with Crippen molar-refractivity contribution in [2.24, 2.45) is 0 Å². The average molecular weight is 308 g/mol. The van der Waals surface area contributed by atoms with Crippen molar-refractivity contribution in [3.05, 3.63) is 35.4 Å². The Morgan fingerprint density at radius 1 is 1.09 bits per heavy atom. The lowest BCUT2D eigenvalue weighted by Crippen LogP contribution is -2.44. The normalized spacial score (nSPS) is 12.0. The molecule has 0 spiro atoms. The number of methoxy groups -OCH3 is 2. The zero-order chi connectivity index (χ0) is 16.5. The molecule has 0 saturated carbocycles. The van der Waals surface area contributed by atoms with Crippen LogP contribution in [-0.4, -0.2) is 38.9 Å². The van der Waals surface area contributed by atoms with E-state index in [1.54, 1.807) is 0 Å². The largest absolute Gasteiger partial charge is 0.354 e. The molecule has 0 heterocycles. The Hall–Kier alpha value is -1.92. The van der Waals surface area contributed by atoms with Crippen LogP contribution in [0.2, 0.25) is 0 Å². The molecule has 0 bridgehead atoms. The van der Waals surface area contributed by atoms with Crippen molar-refractivity contribution in [3.63, 3.8) is 0 Å². The molecule has 1 atom stereocenters. The summed E-state index contributed by atoms with van der Waals surface area (Å²) in [5, 5.41) is 5.12. The lowest BCUT2D eigenvalue weighted by Gasteiger charge is -2.16. The predicted molar refractivity (Wildman–Crippen MR) is 83.2 cm³/mol. The van der Waals surface area contributed by atoms with E-state index in [0.717, 1.165) is 12.0 Å². The Labute approximate surface area is 131 Å². The van der Waals surface area contributed by atoms with Crippen molar-refractivity contribution < 1.29 is 19.1 Å². The van der Waals surface area contributed by atoms with E-state index in [-0.39, 0.29) is 12.6 Å². The SMILES string of the molecule is CCc1ccc(C(C)NC(=O)C(=O)NCC(OC)OC)cc1. The number of amides is 2. The minimum absolute atomic E-state index is 0.110. The van der Waals surface area contributed by atoms with Gasteiger partial charge in [0.2, 0.25) is 0 Å². The maximum Gasteiger partial charge on any atom is 0.309 e. The van der Waals surface area contributed by atoms with Crippen LogP contribution in [0.15, 0.2) is 24.3 Å². The summed E-state index contributed by atoms with van der Waals surface area (Å²) in [6.07, 6.45) is 0.389. The van der Waals surface area contributed by atoms with E-state index in [1.165, 1.54) is 19.8 Å². The molecule has 0 aliphatic heterocycles. The van der Waals surface area contributed by atoms with Gasteiger partial charge in [-0.1, -0.05) is 31.2 Å². The summed E-state index contributed by atoms with van der Waals surface area (Å²) in [7, 11) is 2.92. The predicted octanol–water partition coefficient (Wildman–Crippen LogP) is 1.16. The summed E-state index contributed by atoms with van der Waals surface area (Å²) in [4.78, 5) is 23.5. The van der Waals surface area contributed by atoms with Crippen molar-refractivity contribution >= 4 is 11.8 Å². The second-order valence-corrected chi connectivity index (χ2v) is 4.90. The van der Waals surface area contributed by atoms with E-state index in [1.807, 2.05) is 31.2 Å². The second-order valence-electron chi connectivity index (χ2n) is 4.90. The molecule has 6 nitrogen and oxygen atoms in total. The number of nitrogens with one attached hydrogen (secondary N) is 2. The highest BCUT2D eigenvalue weighted by Crippen LogP contribution is 2.13. The molecular weight excluding hydrogens is 284 g/mol. The standard InChI is InChI=1S/C16H24N2O4/c1-5-12-6-8-13(9-7-12)11(2)18-16(20)15(19)17-10-14(21-3)22-4/h6-9,11,14H,5,10H2,1-4H3,(H,17,19)(H,18,20). The third-order valence-electron chi connectivity index (χ3n) is 3.40. The van der Waals surface area contributed by atoms with Crippen molar-refractivity contribution in [2.45, 2.75) is 32.6 Å². The van der Waals surface area contributed by atoms with Crippen LogP contribution < -0.4 is 10.6 Å².